The molecule has 0 unspecified atom stereocenters. The molecule has 9 heteroatoms. The first-order valence-corrected chi connectivity index (χ1v) is 10.1. The number of alkyl halides is 3. The molecule has 0 saturated heterocycles. The summed E-state index contributed by atoms with van der Waals surface area (Å²) < 4.78 is 42.3. The fraction of sp³-hybridized carbons (Fsp3) is 0.391. The summed E-state index contributed by atoms with van der Waals surface area (Å²) in [4.78, 5) is 26.1. The first kappa shape index (κ1) is 25.2. The number of likely N-dealkylation sites (N-methyl/N-ethyl adjacent to an activating group) is 1. The number of hydrogen-bond donors (Lipinski definition) is 2. The van der Waals surface area contributed by atoms with E-state index in [-0.39, 0.29) is 24.1 Å². The third-order valence-corrected chi connectivity index (χ3v) is 4.51. The van der Waals surface area contributed by atoms with Crippen LogP contribution in [-0.4, -0.2) is 49.6 Å². The second kappa shape index (κ2) is 11.0. The highest BCUT2D eigenvalue weighted by Gasteiger charge is 2.29. The van der Waals surface area contributed by atoms with Gasteiger partial charge in [-0.3, -0.25) is 14.5 Å². The van der Waals surface area contributed by atoms with Crippen molar-refractivity contribution in [2.45, 2.75) is 33.5 Å². The lowest BCUT2D eigenvalue weighted by Gasteiger charge is -2.19. The predicted molar refractivity (Wildman–Crippen MR) is 117 cm³/mol. The molecule has 0 fully saturated rings. The number of carbonyl (C=O) groups excluding carboxylic acids is 2. The molecule has 0 atom stereocenters. The van der Waals surface area contributed by atoms with Crippen LogP contribution in [0.15, 0.2) is 36.4 Å². The fourth-order valence-electron chi connectivity index (χ4n) is 3.33. The Morgan fingerprint density at radius 3 is 2.34 bits per heavy atom. The zero-order valence-corrected chi connectivity index (χ0v) is 18.6. The molecule has 2 amide bonds. The van der Waals surface area contributed by atoms with E-state index >= 15 is 0 Å². The van der Waals surface area contributed by atoms with Gasteiger partial charge in [0, 0.05) is 24.3 Å². The number of halogens is 3. The minimum atomic E-state index is -4.40. The first-order chi connectivity index (χ1) is 15.0. The largest absolute Gasteiger partial charge is 0.484 e. The molecule has 0 bridgehead atoms. The summed E-state index contributed by atoms with van der Waals surface area (Å²) in [5.41, 5.74) is 3.03. The minimum absolute atomic E-state index is 0.0931. The molecular formula is C23H28F3N3O3. The van der Waals surface area contributed by atoms with E-state index in [4.69, 9.17) is 4.74 Å². The highest BCUT2D eigenvalue weighted by atomic mass is 19.4. The summed E-state index contributed by atoms with van der Waals surface area (Å²) in [7, 11) is 1.77. The van der Waals surface area contributed by atoms with Crippen molar-refractivity contribution in [1.29, 1.82) is 0 Å². The average Bonchev–Trinajstić information content (AvgIpc) is 2.66. The quantitative estimate of drug-likeness (QED) is 0.603. The summed E-state index contributed by atoms with van der Waals surface area (Å²) in [6.07, 6.45) is -4.40. The molecule has 2 aromatic rings. The van der Waals surface area contributed by atoms with E-state index in [0.29, 0.717) is 35.5 Å². The lowest BCUT2D eigenvalue weighted by molar-refractivity contribution is -0.153. The Hall–Kier alpha value is -3.07. The molecule has 0 aromatic heterocycles. The maximum Gasteiger partial charge on any atom is 0.422 e. The molecule has 32 heavy (non-hydrogen) atoms. The molecule has 0 aliphatic rings. The molecular weight excluding hydrogens is 423 g/mol. The summed E-state index contributed by atoms with van der Waals surface area (Å²) in [5.74, 6) is -0.244. The van der Waals surface area contributed by atoms with Crippen LogP contribution < -0.4 is 15.4 Å². The number of rotatable bonds is 9. The molecule has 0 aliphatic heterocycles. The van der Waals surface area contributed by atoms with Crippen molar-refractivity contribution < 1.29 is 27.5 Å². The van der Waals surface area contributed by atoms with Crippen molar-refractivity contribution in [3.05, 3.63) is 58.7 Å². The van der Waals surface area contributed by atoms with Crippen molar-refractivity contribution in [2.24, 2.45) is 0 Å². The average molecular weight is 451 g/mol. The number of amides is 2. The lowest BCUT2D eigenvalue weighted by atomic mass is 10.1. The molecule has 0 aliphatic carbocycles. The van der Waals surface area contributed by atoms with Gasteiger partial charge in [0.1, 0.15) is 5.75 Å². The molecule has 2 N–H and O–H groups in total. The number of nitrogens with one attached hydrogen (secondary N) is 2. The van der Waals surface area contributed by atoms with Crippen LogP contribution in [0.1, 0.15) is 34.0 Å². The third kappa shape index (κ3) is 7.88. The molecule has 6 nitrogen and oxygen atoms in total. The van der Waals surface area contributed by atoms with E-state index in [2.05, 4.69) is 10.6 Å². The molecule has 0 spiro atoms. The Balaban J connectivity index is 1.96. The van der Waals surface area contributed by atoms with Crippen LogP contribution in [0, 0.1) is 13.8 Å². The first-order valence-electron chi connectivity index (χ1n) is 10.1. The van der Waals surface area contributed by atoms with E-state index in [1.54, 1.807) is 62.2 Å². The van der Waals surface area contributed by atoms with E-state index in [1.165, 1.54) is 0 Å². The zero-order chi connectivity index (χ0) is 23.9. The van der Waals surface area contributed by atoms with Crippen LogP contribution >= 0.6 is 0 Å². The number of aryl methyl sites for hydroxylation is 2. The van der Waals surface area contributed by atoms with Crippen molar-refractivity contribution in [1.82, 2.24) is 10.2 Å². The van der Waals surface area contributed by atoms with E-state index < -0.39 is 12.8 Å². The number of nitrogens with zero attached hydrogens (tertiary/aromatic N) is 1. The smallest absolute Gasteiger partial charge is 0.422 e. The molecule has 2 aromatic carbocycles. The number of ether oxygens (including phenoxy) is 1. The van der Waals surface area contributed by atoms with Crippen LogP contribution in [0.4, 0.5) is 18.9 Å². The Labute approximate surface area is 185 Å². The molecule has 0 saturated carbocycles. The number of benzene rings is 2. The van der Waals surface area contributed by atoms with E-state index in [1.807, 2.05) is 6.92 Å². The van der Waals surface area contributed by atoms with Crippen LogP contribution in [0.5, 0.6) is 5.75 Å². The predicted octanol–water partition coefficient (Wildman–Crippen LogP) is 4.06. The Morgan fingerprint density at radius 1 is 1.09 bits per heavy atom. The lowest BCUT2D eigenvalue weighted by Crippen LogP contribution is -2.30. The number of carbonyl (C=O) groups is 2. The second-order valence-electron chi connectivity index (χ2n) is 7.62. The molecule has 2 rings (SSSR count). The normalized spacial score (nSPS) is 11.4. The second-order valence-corrected chi connectivity index (χ2v) is 7.62. The van der Waals surface area contributed by atoms with Crippen molar-refractivity contribution in [3.8, 4) is 5.75 Å². The Kier molecular flexibility index (Phi) is 8.65. The maximum atomic E-state index is 12.4. The highest BCUT2D eigenvalue weighted by Crippen LogP contribution is 2.27. The molecule has 0 heterocycles. The summed E-state index contributed by atoms with van der Waals surface area (Å²) in [6, 6.07) is 10.2. The van der Waals surface area contributed by atoms with Gasteiger partial charge in [-0.2, -0.15) is 13.2 Å². The minimum Gasteiger partial charge on any atom is -0.484 e. The van der Waals surface area contributed by atoms with Crippen molar-refractivity contribution >= 4 is 17.5 Å². The van der Waals surface area contributed by atoms with Gasteiger partial charge in [-0.05, 0) is 62.7 Å². The fourth-order valence-corrected chi connectivity index (χ4v) is 3.33. The van der Waals surface area contributed by atoms with Gasteiger partial charge in [-0.25, -0.2) is 0 Å². The third-order valence-electron chi connectivity index (χ3n) is 4.51. The number of anilines is 1. The summed E-state index contributed by atoms with van der Waals surface area (Å²) in [5, 5.41) is 5.48. The summed E-state index contributed by atoms with van der Waals surface area (Å²) in [6.45, 7) is 4.89. The van der Waals surface area contributed by atoms with Crippen LogP contribution in [0.25, 0.3) is 0 Å². The van der Waals surface area contributed by atoms with E-state index in [9.17, 15) is 22.8 Å². The van der Waals surface area contributed by atoms with E-state index in [0.717, 1.165) is 5.56 Å². The summed E-state index contributed by atoms with van der Waals surface area (Å²) >= 11 is 0. The van der Waals surface area contributed by atoms with Gasteiger partial charge < -0.3 is 15.4 Å². The Morgan fingerprint density at radius 2 is 1.75 bits per heavy atom. The van der Waals surface area contributed by atoms with Crippen molar-refractivity contribution in [2.75, 3.05) is 32.1 Å². The van der Waals surface area contributed by atoms with Gasteiger partial charge >= 0.3 is 6.18 Å². The van der Waals surface area contributed by atoms with Gasteiger partial charge in [0.15, 0.2) is 6.61 Å². The Bertz CT molecular complexity index is 938. The van der Waals surface area contributed by atoms with Gasteiger partial charge in [-0.15, -0.1) is 0 Å². The van der Waals surface area contributed by atoms with Crippen molar-refractivity contribution in [3.63, 3.8) is 0 Å². The van der Waals surface area contributed by atoms with Gasteiger partial charge in [0.05, 0.1) is 6.54 Å². The van der Waals surface area contributed by atoms with Gasteiger partial charge in [0.2, 0.25) is 5.91 Å². The molecule has 174 valence electrons. The monoisotopic (exact) mass is 451 g/mol. The SMILES string of the molecule is CCNC(=O)c1cccc(NC(=O)CN(C)Cc2cc(C)c(OCC(F)(F)F)c(C)c2)c1. The van der Waals surface area contributed by atoms with Gasteiger partial charge in [0.25, 0.3) is 5.91 Å². The standard InChI is InChI=1S/C23H28F3N3O3/c1-5-27-22(31)18-7-6-8-19(11-18)28-20(30)13-29(4)12-17-9-15(2)21(16(3)10-17)32-14-23(24,25)26/h6-11H,5,12-14H2,1-4H3,(H,27,31)(H,28,30). The van der Waals surface area contributed by atoms with Crippen LogP contribution in [-0.2, 0) is 11.3 Å². The zero-order valence-electron chi connectivity index (χ0n) is 18.6. The highest BCUT2D eigenvalue weighted by molar-refractivity contribution is 5.97. The molecule has 0 radical (unpaired) electrons. The number of hydrogen-bond acceptors (Lipinski definition) is 4. The van der Waals surface area contributed by atoms with Crippen LogP contribution in [0.2, 0.25) is 0 Å². The van der Waals surface area contributed by atoms with Gasteiger partial charge in [-0.1, -0.05) is 18.2 Å². The maximum absolute atomic E-state index is 12.4. The van der Waals surface area contributed by atoms with Crippen LogP contribution in [0.3, 0.4) is 0 Å². The topological polar surface area (TPSA) is 70.7 Å².